The van der Waals surface area contributed by atoms with E-state index in [2.05, 4.69) is 5.32 Å². The van der Waals surface area contributed by atoms with Crippen molar-refractivity contribution in [2.75, 3.05) is 0 Å². The topological polar surface area (TPSA) is 21.3 Å². The third-order valence-corrected chi connectivity index (χ3v) is 2.75. The van der Waals surface area contributed by atoms with Crippen LogP contribution in [0, 0.1) is 0 Å². The van der Waals surface area contributed by atoms with Crippen molar-refractivity contribution in [3.8, 4) is 0 Å². The van der Waals surface area contributed by atoms with E-state index in [1.165, 1.54) is 5.56 Å². The molecule has 0 aromatic heterocycles. The van der Waals surface area contributed by atoms with E-state index < -0.39 is 0 Å². The molecular formula is C15H15NOSZn. The Hall–Kier alpha value is -1.25. The van der Waals surface area contributed by atoms with Crippen LogP contribution in [-0.2, 0) is 37.4 Å². The molecule has 0 unspecified atom stereocenters. The summed E-state index contributed by atoms with van der Waals surface area (Å²) in [6.45, 7) is 1.19. The molecule has 0 amide bonds. The summed E-state index contributed by atoms with van der Waals surface area (Å²) in [5.41, 5.74) is 2.30. The molecule has 2 aromatic rings. The van der Waals surface area contributed by atoms with Crippen molar-refractivity contribution in [1.82, 2.24) is 5.32 Å². The number of nitrogens with one attached hydrogen (secondary N) is 1. The van der Waals surface area contributed by atoms with Crippen molar-refractivity contribution in [2.45, 2.75) is 13.2 Å². The molecule has 4 heteroatoms. The Kier molecular flexibility index (Phi) is 7.31. The second-order valence-corrected chi connectivity index (χ2v) is 4.27. The minimum Gasteiger partial charge on any atom is -0.466 e. The first-order chi connectivity index (χ1) is 8.84. The van der Waals surface area contributed by atoms with Crippen LogP contribution in [-0.4, -0.2) is 5.17 Å². The van der Waals surface area contributed by atoms with Gasteiger partial charge in [0, 0.05) is 26.0 Å². The fourth-order valence-corrected chi connectivity index (χ4v) is 1.68. The van der Waals surface area contributed by atoms with Crippen molar-refractivity contribution in [3.63, 3.8) is 0 Å². The number of thiocarbonyl (C=S) groups is 1. The van der Waals surface area contributed by atoms with Crippen molar-refractivity contribution < 1.29 is 24.2 Å². The molecule has 2 rings (SSSR count). The molecule has 0 saturated heterocycles. The molecule has 0 aliphatic heterocycles. The molecule has 1 N–H and O–H groups in total. The first-order valence-electron chi connectivity index (χ1n) is 5.83. The Morgan fingerprint density at radius 2 is 1.42 bits per heavy atom. The van der Waals surface area contributed by atoms with E-state index in [9.17, 15) is 0 Å². The van der Waals surface area contributed by atoms with Gasteiger partial charge in [-0.3, -0.25) is 0 Å². The Bertz CT molecular complexity index is 445. The fourth-order valence-electron chi connectivity index (χ4n) is 1.54. The average Bonchev–Trinajstić information content (AvgIpc) is 2.45. The van der Waals surface area contributed by atoms with Gasteiger partial charge in [0.25, 0.3) is 5.17 Å². The summed E-state index contributed by atoms with van der Waals surface area (Å²) in [5.74, 6) is 0. The van der Waals surface area contributed by atoms with E-state index in [0.717, 1.165) is 5.56 Å². The standard InChI is InChI=1S/C15H15NOS.Zn/c18-15(16-11-13-7-3-1-4-8-13)17-12-14-9-5-2-6-10-14;/h1-10H,11-12H2,(H,16,18);. The monoisotopic (exact) mass is 321 g/mol. The van der Waals surface area contributed by atoms with Crippen LogP contribution in [0.5, 0.6) is 0 Å². The minimum absolute atomic E-state index is 0. The first-order valence-corrected chi connectivity index (χ1v) is 6.24. The normalized spacial score (nSPS) is 9.26. The summed E-state index contributed by atoms with van der Waals surface area (Å²) in [4.78, 5) is 0. The van der Waals surface area contributed by atoms with Crippen molar-refractivity contribution in [3.05, 3.63) is 71.8 Å². The van der Waals surface area contributed by atoms with Gasteiger partial charge >= 0.3 is 0 Å². The van der Waals surface area contributed by atoms with Gasteiger partial charge in [-0.15, -0.1) is 0 Å². The molecule has 19 heavy (non-hydrogen) atoms. The van der Waals surface area contributed by atoms with Crippen LogP contribution in [0.15, 0.2) is 60.7 Å². The minimum atomic E-state index is 0. The summed E-state index contributed by atoms with van der Waals surface area (Å²) >= 11 is 5.12. The molecule has 2 nitrogen and oxygen atoms in total. The number of benzene rings is 2. The SMILES string of the molecule is S=C(NCc1ccccc1)OCc1ccccc1.[Zn]. The van der Waals surface area contributed by atoms with Crippen LogP contribution in [0.1, 0.15) is 11.1 Å². The molecule has 0 spiro atoms. The Labute approximate surface area is 131 Å². The smallest absolute Gasteiger partial charge is 0.257 e. The van der Waals surface area contributed by atoms with E-state index >= 15 is 0 Å². The largest absolute Gasteiger partial charge is 0.466 e. The summed E-state index contributed by atoms with van der Waals surface area (Å²) < 4.78 is 5.47. The maximum atomic E-state index is 5.47. The molecule has 2 aromatic carbocycles. The zero-order valence-corrected chi connectivity index (χ0v) is 14.5. The van der Waals surface area contributed by atoms with Crippen LogP contribution in [0.2, 0.25) is 0 Å². The van der Waals surface area contributed by atoms with Crippen LogP contribution in [0.3, 0.4) is 0 Å². The Balaban J connectivity index is 0.00000180. The molecule has 0 aliphatic carbocycles. The molecule has 0 aliphatic rings. The van der Waals surface area contributed by atoms with Gasteiger partial charge < -0.3 is 10.1 Å². The van der Waals surface area contributed by atoms with Crippen LogP contribution < -0.4 is 5.32 Å². The summed E-state index contributed by atoms with van der Waals surface area (Å²) in [5, 5.41) is 3.51. The molecule has 0 fully saturated rings. The predicted molar refractivity (Wildman–Crippen MR) is 77.1 cm³/mol. The van der Waals surface area contributed by atoms with Crippen LogP contribution in [0.25, 0.3) is 0 Å². The first kappa shape index (κ1) is 15.8. The third-order valence-electron chi connectivity index (χ3n) is 2.49. The van der Waals surface area contributed by atoms with Crippen LogP contribution >= 0.6 is 12.2 Å². The third kappa shape index (κ3) is 5.95. The van der Waals surface area contributed by atoms with Gasteiger partial charge in [-0.25, -0.2) is 0 Å². The van der Waals surface area contributed by atoms with Crippen molar-refractivity contribution >= 4 is 17.4 Å². The average molecular weight is 323 g/mol. The van der Waals surface area contributed by atoms with E-state index in [0.29, 0.717) is 18.3 Å². The summed E-state index contributed by atoms with van der Waals surface area (Å²) in [7, 11) is 0. The molecule has 0 bridgehead atoms. The van der Waals surface area contributed by atoms with Gasteiger partial charge in [-0.1, -0.05) is 60.7 Å². The molecule has 0 radical (unpaired) electrons. The van der Waals surface area contributed by atoms with Crippen molar-refractivity contribution in [2.24, 2.45) is 0 Å². The molecule has 0 atom stereocenters. The Morgan fingerprint density at radius 3 is 2.00 bits per heavy atom. The molecule has 0 saturated carbocycles. The maximum Gasteiger partial charge on any atom is 0.257 e. The zero-order valence-electron chi connectivity index (χ0n) is 10.7. The van der Waals surface area contributed by atoms with Gasteiger partial charge in [0.1, 0.15) is 6.61 Å². The van der Waals surface area contributed by atoms with Gasteiger partial charge in [0.2, 0.25) is 0 Å². The van der Waals surface area contributed by atoms with E-state index in [4.69, 9.17) is 17.0 Å². The van der Waals surface area contributed by atoms with Gasteiger partial charge in [0.05, 0.1) is 0 Å². The van der Waals surface area contributed by atoms with Gasteiger partial charge in [0.15, 0.2) is 0 Å². The molecular weight excluding hydrogens is 308 g/mol. The fraction of sp³-hybridized carbons (Fsp3) is 0.133. The second kappa shape index (κ2) is 8.79. The predicted octanol–water partition coefficient (Wildman–Crippen LogP) is 3.28. The number of rotatable bonds is 4. The number of ether oxygens (including phenoxy) is 1. The number of hydrogen-bond acceptors (Lipinski definition) is 2. The number of hydrogen-bond donors (Lipinski definition) is 1. The quantitative estimate of drug-likeness (QED) is 0.689. The van der Waals surface area contributed by atoms with Crippen molar-refractivity contribution in [1.29, 1.82) is 0 Å². The zero-order chi connectivity index (χ0) is 12.6. The van der Waals surface area contributed by atoms with Gasteiger partial charge in [-0.05, 0) is 23.3 Å². The van der Waals surface area contributed by atoms with Crippen LogP contribution in [0.4, 0.5) is 0 Å². The molecule has 94 valence electrons. The van der Waals surface area contributed by atoms with E-state index in [1.807, 2.05) is 60.7 Å². The van der Waals surface area contributed by atoms with Gasteiger partial charge in [-0.2, -0.15) is 0 Å². The van der Waals surface area contributed by atoms with E-state index in [1.54, 1.807) is 0 Å². The Morgan fingerprint density at radius 1 is 0.895 bits per heavy atom. The maximum absolute atomic E-state index is 5.47. The van der Waals surface area contributed by atoms with E-state index in [-0.39, 0.29) is 19.5 Å². The summed E-state index contributed by atoms with van der Waals surface area (Å²) in [6, 6.07) is 20.1. The second-order valence-electron chi connectivity index (χ2n) is 3.90. The summed E-state index contributed by atoms with van der Waals surface area (Å²) in [6.07, 6.45) is 0. The molecule has 0 heterocycles.